The van der Waals surface area contributed by atoms with Crippen LogP contribution in [0.5, 0.6) is 0 Å². The molecule has 2 aliphatic carbocycles. The molecule has 198 valence electrons. The van der Waals surface area contributed by atoms with Gasteiger partial charge >= 0.3 is 0 Å². The zero-order valence-corrected chi connectivity index (χ0v) is 23.7. The highest BCUT2D eigenvalue weighted by Crippen LogP contribution is 2.46. The van der Waals surface area contributed by atoms with Crippen molar-refractivity contribution >= 4 is 53.3 Å². The lowest BCUT2D eigenvalue weighted by atomic mass is 9.87. The number of nitrogens with zero attached hydrogens (tertiary/aromatic N) is 3. The van der Waals surface area contributed by atoms with Gasteiger partial charge in [-0.25, -0.2) is 9.97 Å². The molecule has 0 fully saturated rings. The highest BCUT2D eigenvalue weighted by molar-refractivity contribution is 7.26. The van der Waals surface area contributed by atoms with E-state index >= 15 is 0 Å². The molecule has 3 heterocycles. The zero-order valence-electron chi connectivity index (χ0n) is 22.9. The molecular formula is C38H25N3S. The smallest absolute Gasteiger partial charge is 0.235 e. The SMILES string of the molecule is c1ccc(-c2cc(-c3ccccc3)nc(-n3c4cc5c(cc4c4c6sc7cc8c(cc7c6ccc43)CC8)CC5)n2)cc1. The van der Waals surface area contributed by atoms with Gasteiger partial charge in [0.1, 0.15) is 0 Å². The Morgan fingerprint density at radius 3 is 1.76 bits per heavy atom. The number of aryl methyl sites for hydroxylation is 4. The average Bonchev–Trinajstić information content (AvgIpc) is 3.54. The first-order valence-corrected chi connectivity index (χ1v) is 15.6. The van der Waals surface area contributed by atoms with E-state index < -0.39 is 0 Å². The summed E-state index contributed by atoms with van der Waals surface area (Å²) in [7, 11) is 0. The molecular weight excluding hydrogens is 531 g/mol. The maximum Gasteiger partial charge on any atom is 0.235 e. The van der Waals surface area contributed by atoms with Crippen LogP contribution in [0.2, 0.25) is 0 Å². The molecule has 0 radical (unpaired) electrons. The van der Waals surface area contributed by atoms with Crippen molar-refractivity contribution in [2.24, 2.45) is 0 Å². The Morgan fingerprint density at radius 1 is 0.524 bits per heavy atom. The number of hydrogen-bond donors (Lipinski definition) is 0. The molecule has 2 aliphatic rings. The maximum atomic E-state index is 5.25. The van der Waals surface area contributed by atoms with Gasteiger partial charge in [0, 0.05) is 42.1 Å². The lowest BCUT2D eigenvalue weighted by molar-refractivity contribution is 0.842. The molecule has 8 aromatic rings. The van der Waals surface area contributed by atoms with Crippen molar-refractivity contribution < 1.29 is 0 Å². The van der Waals surface area contributed by atoms with E-state index in [1.165, 1.54) is 77.1 Å². The molecule has 10 rings (SSSR count). The summed E-state index contributed by atoms with van der Waals surface area (Å²) in [5.41, 5.74) is 12.4. The summed E-state index contributed by atoms with van der Waals surface area (Å²) in [4.78, 5) is 10.5. The van der Waals surface area contributed by atoms with E-state index in [4.69, 9.17) is 9.97 Å². The second-order valence-electron chi connectivity index (χ2n) is 11.7. The van der Waals surface area contributed by atoms with E-state index in [0.29, 0.717) is 0 Å². The normalized spacial score (nSPS) is 13.8. The van der Waals surface area contributed by atoms with Crippen molar-refractivity contribution in [1.29, 1.82) is 0 Å². The average molecular weight is 556 g/mol. The number of benzene rings is 5. The summed E-state index contributed by atoms with van der Waals surface area (Å²) in [5.74, 6) is 0.720. The number of aromatic nitrogens is 3. The van der Waals surface area contributed by atoms with Crippen LogP contribution < -0.4 is 0 Å². The highest BCUT2D eigenvalue weighted by atomic mass is 32.1. The van der Waals surface area contributed by atoms with Gasteiger partial charge in [-0.15, -0.1) is 11.3 Å². The third-order valence-corrected chi connectivity index (χ3v) is 10.6. The van der Waals surface area contributed by atoms with Crippen molar-refractivity contribution in [3.8, 4) is 28.5 Å². The van der Waals surface area contributed by atoms with Crippen molar-refractivity contribution in [2.75, 3.05) is 0 Å². The highest BCUT2D eigenvalue weighted by Gasteiger charge is 2.24. The molecule has 42 heavy (non-hydrogen) atoms. The molecule has 0 bridgehead atoms. The van der Waals surface area contributed by atoms with Gasteiger partial charge in [0.15, 0.2) is 0 Å². The van der Waals surface area contributed by atoms with Gasteiger partial charge in [0.05, 0.1) is 22.4 Å². The van der Waals surface area contributed by atoms with E-state index in [1.807, 2.05) is 11.3 Å². The fraction of sp³-hybridized carbons (Fsp3) is 0.105. The Bertz CT molecular complexity index is 2340. The van der Waals surface area contributed by atoms with Gasteiger partial charge in [-0.05, 0) is 84.3 Å². The van der Waals surface area contributed by atoms with Crippen LogP contribution in [0.1, 0.15) is 22.3 Å². The molecule has 0 amide bonds. The number of rotatable bonds is 3. The molecule has 0 unspecified atom stereocenters. The zero-order chi connectivity index (χ0) is 27.4. The molecule has 0 spiro atoms. The predicted molar refractivity (Wildman–Crippen MR) is 175 cm³/mol. The first kappa shape index (κ1) is 22.8. The number of hydrogen-bond acceptors (Lipinski definition) is 3. The largest absolute Gasteiger partial charge is 0.278 e. The first-order valence-electron chi connectivity index (χ1n) is 14.8. The summed E-state index contributed by atoms with van der Waals surface area (Å²) in [6.07, 6.45) is 4.70. The van der Waals surface area contributed by atoms with Crippen molar-refractivity contribution in [1.82, 2.24) is 14.5 Å². The van der Waals surface area contributed by atoms with Crippen LogP contribution in [0.25, 0.3) is 70.4 Å². The second kappa shape index (κ2) is 8.37. The van der Waals surface area contributed by atoms with Crippen molar-refractivity contribution in [3.63, 3.8) is 0 Å². The Balaban J connectivity index is 1.32. The monoisotopic (exact) mass is 555 g/mol. The summed E-state index contributed by atoms with van der Waals surface area (Å²) >= 11 is 1.95. The molecule has 0 aliphatic heterocycles. The minimum atomic E-state index is 0.720. The quantitative estimate of drug-likeness (QED) is 0.217. The van der Waals surface area contributed by atoms with Gasteiger partial charge < -0.3 is 0 Å². The first-order chi connectivity index (χ1) is 20.8. The lowest BCUT2D eigenvalue weighted by Crippen LogP contribution is -2.09. The summed E-state index contributed by atoms with van der Waals surface area (Å²) in [6, 6.07) is 37.4. The van der Waals surface area contributed by atoms with Crippen molar-refractivity contribution in [2.45, 2.75) is 25.7 Å². The molecule has 0 atom stereocenters. The van der Waals surface area contributed by atoms with Crippen LogP contribution in [0.15, 0.2) is 103 Å². The summed E-state index contributed by atoms with van der Waals surface area (Å²) < 4.78 is 5.09. The summed E-state index contributed by atoms with van der Waals surface area (Å²) in [6.45, 7) is 0. The minimum absolute atomic E-state index is 0.720. The Hall–Kier alpha value is -4.80. The van der Waals surface area contributed by atoms with E-state index in [1.54, 1.807) is 0 Å². The van der Waals surface area contributed by atoms with Gasteiger partial charge in [-0.3, -0.25) is 4.57 Å². The van der Waals surface area contributed by atoms with E-state index in [9.17, 15) is 0 Å². The number of thiophene rings is 1. The van der Waals surface area contributed by atoms with Gasteiger partial charge in [-0.2, -0.15) is 0 Å². The molecule has 3 aromatic heterocycles. The standard InChI is InChI=1S/C38H25N3S/c1-3-7-22(8-4-1)31-21-32(23-9-5-2-6-10-23)40-38(39-31)41-33-16-15-28-29-17-24-12-14-27(24)20-35(29)42-37(28)36(33)30-18-25-11-13-26(25)19-34(30)41/h1-10,15-21H,11-14H2. The third kappa shape index (κ3) is 3.16. The number of fused-ring (bicyclic) bond motifs is 9. The van der Waals surface area contributed by atoms with Crippen LogP contribution >= 0.6 is 11.3 Å². The molecule has 4 heteroatoms. The molecule has 0 N–H and O–H groups in total. The van der Waals surface area contributed by atoms with Crippen molar-refractivity contribution in [3.05, 3.63) is 125 Å². The Kier molecular flexibility index (Phi) is 4.55. The van der Waals surface area contributed by atoms with E-state index in [2.05, 4.69) is 108 Å². The third-order valence-electron chi connectivity index (χ3n) is 9.39. The molecule has 5 aromatic carbocycles. The minimum Gasteiger partial charge on any atom is -0.278 e. The second-order valence-corrected chi connectivity index (χ2v) is 12.8. The maximum absolute atomic E-state index is 5.25. The van der Waals surface area contributed by atoms with E-state index in [-0.39, 0.29) is 0 Å². The van der Waals surface area contributed by atoms with Gasteiger partial charge in [0.2, 0.25) is 5.95 Å². The van der Waals surface area contributed by atoms with Crippen LogP contribution in [-0.2, 0) is 25.7 Å². The lowest BCUT2D eigenvalue weighted by Gasteiger charge is -2.19. The molecule has 0 saturated carbocycles. The van der Waals surface area contributed by atoms with Crippen LogP contribution in [0.4, 0.5) is 0 Å². The summed E-state index contributed by atoms with van der Waals surface area (Å²) in [5, 5.41) is 5.40. The van der Waals surface area contributed by atoms with Crippen LogP contribution in [0.3, 0.4) is 0 Å². The fourth-order valence-corrected chi connectivity index (χ4v) is 8.28. The molecule has 3 nitrogen and oxygen atoms in total. The van der Waals surface area contributed by atoms with Crippen LogP contribution in [-0.4, -0.2) is 14.5 Å². The Morgan fingerprint density at radius 2 is 1.12 bits per heavy atom. The predicted octanol–water partition coefficient (Wildman–Crippen LogP) is 9.47. The van der Waals surface area contributed by atoms with Crippen LogP contribution in [0, 0.1) is 0 Å². The van der Waals surface area contributed by atoms with Gasteiger partial charge in [-0.1, -0.05) is 66.7 Å². The van der Waals surface area contributed by atoms with Gasteiger partial charge in [0.25, 0.3) is 0 Å². The topological polar surface area (TPSA) is 30.7 Å². The fourth-order valence-electron chi connectivity index (χ4n) is 6.98. The molecule has 0 saturated heterocycles. The Labute approximate surface area is 246 Å². The van der Waals surface area contributed by atoms with E-state index in [0.717, 1.165) is 41.3 Å².